The van der Waals surface area contributed by atoms with Crippen molar-refractivity contribution in [1.82, 2.24) is 0 Å². The van der Waals surface area contributed by atoms with Crippen LogP contribution in [0.3, 0.4) is 0 Å². The zero-order valence-corrected chi connectivity index (χ0v) is 21.6. The van der Waals surface area contributed by atoms with Gasteiger partial charge in [0.05, 0.1) is 18.9 Å². The molecule has 0 aliphatic heterocycles. The van der Waals surface area contributed by atoms with E-state index in [0.717, 1.165) is 51.4 Å². The van der Waals surface area contributed by atoms with Gasteiger partial charge < -0.3 is 20.1 Å². The normalized spacial score (nSPS) is 43.4. The summed E-state index contributed by atoms with van der Waals surface area (Å²) in [6, 6.07) is 0. The van der Waals surface area contributed by atoms with Gasteiger partial charge in [0.15, 0.2) is 0 Å². The molecule has 0 aromatic rings. The first-order valence-corrected chi connectivity index (χ1v) is 13.8. The second-order valence-corrected chi connectivity index (χ2v) is 12.6. The number of aliphatic carboxylic acids is 2. The van der Waals surface area contributed by atoms with Gasteiger partial charge in [-0.25, -0.2) is 0 Å². The van der Waals surface area contributed by atoms with Crippen LogP contribution in [0.15, 0.2) is 0 Å². The van der Waals surface area contributed by atoms with Crippen molar-refractivity contribution in [2.24, 2.45) is 46.3 Å². The second kappa shape index (κ2) is 10.0. The van der Waals surface area contributed by atoms with Crippen molar-refractivity contribution in [3.8, 4) is 0 Å². The van der Waals surface area contributed by atoms with Crippen LogP contribution in [-0.4, -0.2) is 45.4 Å². The van der Waals surface area contributed by atoms with Crippen molar-refractivity contribution in [2.75, 3.05) is 0 Å². The summed E-state index contributed by atoms with van der Waals surface area (Å²) in [5.74, 6) is 0.533. The third-order valence-electron chi connectivity index (χ3n) is 11.1. The maximum Gasteiger partial charge on any atom is 0.306 e. The van der Waals surface area contributed by atoms with Crippen molar-refractivity contribution in [3.63, 3.8) is 0 Å². The van der Waals surface area contributed by atoms with Crippen LogP contribution in [0.4, 0.5) is 0 Å². The predicted octanol–water partition coefficient (Wildman–Crippen LogP) is 4.89. The SMILES string of the molecule is C[C@H](CCC(=O)O)[C@@H]1CC[C@@H]2[C@@H]3CC[C@@H]4C[C@H](OC(=O)CCC(=O)O)CC[C@]4(C)[C@@H]3C[C@H](O)[C@]21C. The molecule has 7 heteroatoms. The maximum absolute atomic E-state index is 12.1. The highest BCUT2D eigenvalue weighted by atomic mass is 16.5. The lowest BCUT2D eigenvalue weighted by atomic mass is 9.43. The van der Waals surface area contributed by atoms with Crippen LogP contribution in [-0.2, 0) is 19.1 Å². The summed E-state index contributed by atoms with van der Waals surface area (Å²) < 4.78 is 5.67. The molecule has 0 aromatic carbocycles. The molecule has 10 atom stereocenters. The maximum atomic E-state index is 12.1. The fourth-order valence-electron chi connectivity index (χ4n) is 9.26. The standard InChI is InChI=1S/C28H44O7/c1-16(4-9-24(30)31)20-7-8-21-19-6-5-17-14-18(35-26(34)11-10-25(32)33)12-13-27(17,2)22(19)15-23(29)28(20,21)3/h16-23,29H,4-15H2,1-3H3,(H,30,31)(H,32,33)/t16-,17-,18-,19+,20+,21-,22-,23+,27+,28+/m1/s1. The topological polar surface area (TPSA) is 121 Å². The van der Waals surface area contributed by atoms with Gasteiger partial charge in [0.2, 0.25) is 0 Å². The van der Waals surface area contributed by atoms with E-state index in [4.69, 9.17) is 14.9 Å². The van der Waals surface area contributed by atoms with Crippen molar-refractivity contribution in [2.45, 2.75) is 110 Å². The van der Waals surface area contributed by atoms with E-state index < -0.39 is 17.9 Å². The molecule has 0 spiro atoms. The monoisotopic (exact) mass is 492 g/mol. The molecule has 0 aromatic heterocycles. The van der Waals surface area contributed by atoms with Crippen molar-refractivity contribution in [3.05, 3.63) is 0 Å². The molecule has 4 saturated carbocycles. The molecule has 0 saturated heterocycles. The first-order chi connectivity index (χ1) is 16.5. The van der Waals surface area contributed by atoms with Crippen LogP contribution in [0, 0.1) is 46.3 Å². The van der Waals surface area contributed by atoms with Gasteiger partial charge in [-0.05, 0) is 104 Å². The highest BCUT2D eigenvalue weighted by Crippen LogP contribution is 2.68. The summed E-state index contributed by atoms with van der Waals surface area (Å²) >= 11 is 0. The molecule has 0 bridgehead atoms. The first-order valence-electron chi connectivity index (χ1n) is 13.8. The molecule has 0 amide bonds. The summed E-state index contributed by atoms with van der Waals surface area (Å²) in [4.78, 5) is 34.0. The van der Waals surface area contributed by atoms with Gasteiger partial charge in [0.1, 0.15) is 6.10 Å². The number of hydrogen-bond acceptors (Lipinski definition) is 5. The van der Waals surface area contributed by atoms with Gasteiger partial charge in [-0.2, -0.15) is 0 Å². The Balaban J connectivity index is 1.43. The number of aliphatic hydroxyl groups is 1. The van der Waals surface area contributed by atoms with E-state index >= 15 is 0 Å². The summed E-state index contributed by atoms with van der Waals surface area (Å²) in [6.45, 7) is 6.86. The number of ether oxygens (including phenoxy) is 1. The van der Waals surface area contributed by atoms with Crippen LogP contribution in [0.5, 0.6) is 0 Å². The van der Waals surface area contributed by atoms with Crippen LogP contribution in [0.2, 0.25) is 0 Å². The Morgan fingerprint density at radius 2 is 1.63 bits per heavy atom. The van der Waals surface area contributed by atoms with Crippen molar-refractivity contribution < 1.29 is 34.4 Å². The molecule has 4 fully saturated rings. The van der Waals surface area contributed by atoms with Crippen LogP contribution < -0.4 is 0 Å². The molecule has 0 radical (unpaired) electrons. The van der Waals surface area contributed by atoms with Gasteiger partial charge in [0, 0.05) is 6.42 Å². The Kier molecular flexibility index (Phi) is 7.57. The number of carbonyl (C=O) groups is 3. The fourth-order valence-corrected chi connectivity index (χ4v) is 9.26. The molecule has 7 nitrogen and oxygen atoms in total. The molecule has 4 aliphatic carbocycles. The lowest BCUT2D eigenvalue weighted by Crippen LogP contribution is -2.59. The number of fused-ring (bicyclic) bond motifs is 5. The minimum Gasteiger partial charge on any atom is -0.481 e. The van der Waals surface area contributed by atoms with Gasteiger partial charge in [-0.3, -0.25) is 14.4 Å². The third kappa shape index (κ3) is 4.86. The number of aliphatic hydroxyl groups excluding tert-OH is 1. The number of rotatable bonds is 8. The summed E-state index contributed by atoms with van der Waals surface area (Å²) in [6.07, 6.45) is 8.02. The van der Waals surface area contributed by atoms with E-state index in [9.17, 15) is 19.5 Å². The zero-order valence-electron chi connectivity index (χ0n) is 21.6. The molecule has 35 heavy (non-hydrogen) atoms. The Morgan fingerprint density at radius 1 is 0.914 bits per heavy atom. The summed E-state index contributed by atoms with van der Waals surface area (Å²) in [7, 11) is 0. The lowest BCUT2D eigenvalue weighted by Gasteiger charge is -2.62. The Morgan fingerprint density at radius 3 is 2.31 bits per heavy atom. The lowest BCUT2D eigenvalue weighted by molar-refractivity contribution is -0.182. The quantitative estimate of drug-likeness (QED) is 0.412. The van der Waals surface area contributed by atoms with Crippen LogP contribution >= 0.6 is 0 Å². The predicted molar refractivity (Wildman–Crippen MR) is 129 cm³/mol. The minimum atomic E-state index is -0.982. The molecule has 198 valence electrons. The largest absolute Gasteiger partial charge is 0.481 e. The molecule has 4 rings (SSSR count). The molecular formula is C28H44O7. The highest BCUT2D eigenvalue weighted by Gasteiger charge is 2.63. The first kappa shape index (κ1) is 26.4. The van der Waals surface area contributed by atoms with E-state index in [2.05, 4.69) is 20.8 Å². The summed E-state index contributed by atoms with van der Waals surface area (Å²) in [5.41, 5.74) is -0.0125. The minimum absolute atomic E-state index is 0.0724. The van der Waals surface area contributed by atoms with Crippen molar-refractivity contribution >= 4 is 17.9 Å². The zero-order chi connectivity index (χ0) is 25.5. The number of carbonyl (C=O) groups excluding carboxylic acids is 1. The Hall–Kier alpha value is -1.63. The third-order valence-corrected chi connectivity index (χ3v) is 11.1. The van der Waals surface area contributed by atoms with E-state index in [1.165, 1.54) is 0 Å². The molecule has 3 N–H and O–H groups in total. The molecule has 0 heterocycles. The molecular weight excluding hydrogens is 448 g/mol. The number of esters is 1. The Labute approximate surface area is 209 Å². The van der Waals surface area contributed by atoms with Gasteiger partial charge in [-0.15, -0.1) is 0 Å². The Bertz CT molecular complexity index is 826. The highest BCUT2D eigenvalue weighted by molar-refractivity contribution is 5.76. The smallest absolute Gasteiger partial charge is 0.306 e. The van der Waals surface area contributed by atoms with Crippen LogP contribution in [0.1, 0.15) is 97.8 Å². The van der Waals surface area contributed by atoms with Gasteiger partial charge in [-0.1, -0.05) is 20.8 Å². The fraction of sp³-hybridized carbons (Fsp3) is 0.893. The van der Waals surface area contributed by atoms with Gasteiger partial charge in [0.25, 0.3) is 0 Å². The van der Waals surface area contributed by atoms with E-state index in [0.29, 0.717) is 41.9 Å². The van der Waals surface area contributed by atoms with Crippen LogP contribution in [0.25, 0.3) is 0 Å². The van der Waals surface area contributed by atoms with E-state index in [-0.39, 0.29) is 42.3 Å². The second-order valence-electron chi connectivity index (χ2n) is 12.6. The number of carboxylic acids is 2. The average Bonchev–Trinajstić information content (AvgIpc) is 3.16. The van der Waals surface area contributed by atoms with Crippen molar-refractivity contribution in [1.29, 1.82) is 0 Å². The number of hydrogen-bond donors (Lipinski definition) is 3. The summed E-state index contributed by atoms with van der Waals surface area (Å²) in [5, 5.41) is 29.6. The van der Waals surface area contributed by atoms with Gasteiger partial charge >= 0.3 is 17.9 Å². The average molecular weight is 493 g/mol. The molecule has 0 unspecified atom stereocenters. The van der Waals surface area contributed by atoms with E-state index in [1.54, 1.807) is 0 Å². The van der Waals surface area contributed by atoms with E-state index in [1.807, 2.05) is 0 Å². The number of carboxylic acid groups (broad SMARTS) is 2. The molecule has 4 aliphatic rings.